The summed E-state index contributed by atoms with van der Waals surface area (Å²) in [6, 6.07) is 19.1. The quantitative estimate of drug-likeness (QED) is 0.422. The highest BCUT2D eigenvalue weighted by molar-refractivity contribution is 6.11. The van der Waals surface area contributed by atoms with Crippen LogP contribution in [0, 0.1) is 0 Å². The number of nitrogen functional groups attached to an aromatic ring is 1. The third-order valence-corrected chi connectivity index (χ3v) is 4.45. The Hall–Kier alpha value is -3.47. The molecule has 0 aliphatic carbocycles. The van der Waals surface area contributed by atoms with E-state index < -0.39 is 0 Å². The van der Waals surface area contributed by atoms with Crippen molar-refractivity contribution in [3.63, 3.8) is 0 Å². The van der Waals surface area contributed by atoms with Crippen LogP contribution in [0.25, 0.3) is 16.4 Å². The fourth-order valence-corrected chi connectivity index (χ4v) is 3.27. The Balaban J connectivity index is 1.74. The molecule has 0 amide bonds. The first kappa shape index (κ1) is 17.0. The number of nitrogens with zero attached hydrogens (tertiary/aromatic N) is 1. The van der Waals surface area contributed by atoms with Gasteiger partial charge in [-0.15, -0.1) is 0 Å². The van der Waals surface area contributed by atoms with Gasteiger partial charge in [0.1, 0.15) is 12.4 Å². The normalized spacial score (nSPS) is 11.0. The standard InChI is InChI=1S/C22H20N2O3/c1-2-26-22(25)21-18-10-9-17(27-14-15-6-5-7-16(23)12-15)13-20(18)24-11-4-3-8-19(21)24/h3-13H,2,14,23H2,1H3. The summed E-state index contributed by atoms with van der Waals surface area (Å²) < 4.78 is 13.2. The van der Waals surface area contributed by atoms with Crippen molar-refractivity contribution >= 4 is 28.1 Å². The van der Waals surface area contributed by atoms with E-state index in [0.717, 1.165) is 27.7 Å². The van der Waals surface area contributed by atoms with Crippen molar-refractivity contribution < 1.29 is 14.3 Å². The second kappa shape index (κ2) is 7.03. The first-order valence-electron chi connectivity index (χ1n) is 8.84. The first-order chi connectivity index (χ1) is 13.2. The van der Waals surface area contributed by atoms with Crippen molar-refractivity contribution in [3.8, 4) is 5.75 Å². The molecule has 2 heterocycles. The number of esters is 1. The SMILES string of the molecule is CCOC(=O)c1c2ccc(OCc3cccc(N)c3)cc2n2ccccc12. The molecule has 0 radical (unpaired) electrons. The largest absolute Gasteiger partial charge is 0.489 e. The van der Waals surface area contributed by atoms with Crippen LogP contribution in [0.15, 0.2) is 66.9 Å². The van der Waals surface area contributed by atoms with E-state index in [1.165, 1.54) is 0 Å². The Bertz CT molecular complexity index is 1130. The molecule has 5 heteroatoms. The smallest absolute Gasteiger partial charge is 0.340 e. The number of hydrogen-bond acceptors (Lipinski definition) is 4. The molecule has 0 saturated heterocycles. The van der Waals surface area contributed by atoms with Crippen LogP contribution in [0.1, 0.15) is 22.8 Å². The fourth-order valence-electron chi connectivity index (χ4n) is 3.27. The molecule has 136 valence electrons. The number of rotatable bonds is 5. The highest BCUT2D eigenvalue weighted by Gasteiger charge is 2.19. The molecule has 2 aromatic carbocycles. The molecule has 0 saturated carbocycles. The van der Waals surface area contributed by atoms with Gasteiger partial charge >= 0.3 is 5.97 Å². The van der Waals surface area contributed by atoms with E-state index in [9.17, 15) is 4.79 Å². The van der Waals surface area contributed by atoms with Gasteiger partial charge in [0.05, 0.1) is 23.2 Å². The Morgan fingerprint density at radius 1 is 1.04 bits per heavy atom. The van der Waals surface area contributed by atoms with Crippen molar-refractivity contribution in [1.29, 1.82) is 0 Å². The molecule has 0 spiro atoms. The Kier molecular flexibility index (Phi) is 4.42. The van der Waals surface area contributed by atoms with Crippen LogP contribution in [0.3, 0.4) is 0 Å². The molecule has 0 atom stereocenters. The predicted molar refractivity (Wildman–Crippen MR) is 106 cm³/mol. The molecule has 0 aliphatic rings. The minimum Gasteiger partial charge on any atom is -0.489 e. The lowest BCUT2D eigenvalue weighted by molar-refractivity contribution is 0.0531. The molecule has 4 aromatic rings. The topological polar surface area (TPSA) is 66.0 Å². The van der Waals surface area contributed by atoms with Crippen LogP contribution in [-0.2, 0) is 11.3 Å². The van der Waals surface area contributed by atoms with E-state index in [4.69, 9.17) is 15.2 Å². The number of carbonyl (C=O) groups is 1. The number of anilines is 1. The highest BCUT2D eigenvalue weighted by atomic mass is 16.5. The van der Waals surface area contributed by atoms with Crippen LogP contribution < -0.4 is 10.5 Å². The van der Waals surface area contributed by atoms with E-state index in [1.807, 2.05) is 71.3 Å². The van der Waals surface area contributed by atoms with Crippen molar-refractivity contribution in [2.45, 2.75) is 13.5 Å². The number of ether oxygens (including phenoxy) is 2. The number of nitrogens with two attached hydrogens (primary N) is 1. The lowest BCUT2D eigenvalue weighted by atomic mass is 10.1. The second-order valence-corrected chi connectivity index (χ2v) is 6.26. The van der Waals surface area contributed by atoms with E-state index in [1.54, 1.807) is 6.92 Å². The number of carbonyl (C=O) groups excluding carboxylic acids is 1. The van der Waals surface area contributed by atoms with Crippen molar-refractivity contribution in [2.24, 2.45) is 0 Å². The molecule has 4 rings (SSSR count). The minimum absolute atomic E-state index is 0.315. The van der Waals surface area contributed by atoms with Gasteiger partial charge in [-0.25, -0.2) is 4.79 Å². The monoisotopic (exact) mass is 360 g/mol. The van der Waals surface area contributed by atoms with Crippen LogP contribution >= 0.6 is 0 Å². The maximum atomic E-state index is 12.5. The zero-order valence-corrected chi connectivity index (χ0v) is 15.0. The summed E-state index contributed by atoms with van der Waals surface area (Å²) >= 11 is 0. The van der Waals surface area contributed by atoms with E-state index in [0.29, 0.717) is 24.5 Å². The van der Waals surface area contributed by atoms with E-state index >= 15 is 0 Å². The molecule has 2 N–H and O–H groups in total. The fraction of sp³-hybridized carbons (Fsp3) is 0.136. The van der Waals surface area contributed by atoms with Gasteiger partial charge in [-0.1, -0.05) is 18.2 Å². The second-order valence-electron chi connectivity index (χ2n) is 6.26. The lowest BCUT2D eigenvalue weighted by Gasteiger charge is -2.07. The number of aromatic nitrogens is 1. The van der Waals surface area contributed by atoms with Gasteiger partial charge < -0.3 is 19.6 Å². The van der Waals surface area contributed by atoms with Crippen molar-refractivity contribution in [2.75, 3.05) is 12.3 Å². The number of pyridine rings is 1. The molecule has 0 aliphatic heterocycles. The molecule has 27 heavy (non-hydrogen) atoms. The third kappa shape index (κ3) is 3.19. The van der Waals surface area contributed by atoms with Crippen LogP contribution in [0.4, 0.5) is 5.69 Å². The maximum absolute atomic E-state index is 12.5. The average Bonchev–Trinajstić information content (AvgIpc) is 3.00. The van der Waals surface area contributed by atoms with E-state index in [-0.39, 0.29) is 5.97 Å². The molecular formula is C22H20N2O3. The van der Waals surface area contributed by atoms with Gasteiger partial charge in [0, 0.05) is 23.3 Å². The first-order valence-corrected chi connectivity index (χ1v) is 8.84. The van der Waals surface area contributed by atoms with Gasteiger partial charge in [-0.2, -0.15) is 0 Å². The molecule has 2 aromatic heterocycles. The zero-order chi connectivity index (χ0) is 18.8. The number of benzene rings is 2. The summed E-state index contributed by atoms with van der Waals surface area (Å²) in [5.41, 5.74) is 9.83. The van der Waals surface area contributed by atoms with Crippen LogP contribution in [0.5, 0.6) is 5.75 Å². The molecule has 0 fully saturated rings. The van der Waals surface area contributed by atoms with Gasteiger partial charge in [-0.3, -0.25) is 0 Å². The summed E-state index contributed by atoms with van der Waals surface area (Å²) in [5, 5.41) is 0.843. The third-order valence-electron chi connectivity index (χ3n) is 4.45. The summed E-state index contributed by atoms with van der Waals surface area (Å²) in [7, 11) is 0. The van der Waals surface area contributed by atoms with Crippen LogP contribution in [0.2, 0.25) is 0 Å². The average molecular weight is 360 g/mol. The zero-order valence-electron chi connectivity index (χ0n) is 15.0. The summed E-state index contributed by atoms with van der Waals surface area (Å²) in [4.78, 5) is 12.5. The Labute approximate surface area is 156 Å². The van der Waals surface area contributed by atoms with Gasteiger partial charge in [0.25, 0.3) is 0 Å². The van der Waals surface area contributed by atoms with Gasteiger partial charge in [0.15, 0.2) is 0 Å². The van der Waals surface area contributed by atoms with Crippen LogP contribution in [-0.4, -0.2) is 17.0 Å². The van der Waals surface area contributed by atoms with Gasteiger partial charge in [-0.05, 0) is 48.9 Å². The van der Waals surface area contributed by atoms with E-state index in [2.05, 4.69) is 0 Å². The molecule has 0 unspecified atom stereocenters. The Morgan fingerprint density at radius 2 is 1.93 bits per heavy atom. The lowest BCUT2D eigenvalue weighted by Crippen LogP contribution is -2.04. The minimum atomic E-state index is -0.315. The number of fused-ring (bicyclic) bond motifs is 3. The van der Waals surface area contributed by atoms with Gasteiger partial charge in [0.2, 0.25) is 0 Å². The predicted octanol–water partition coefficient (Wildman–Crippen LogP) is 4.43. The highest BCUT2D eigenvalue weighted by Crippen LogP contribution is 2.30. The Morgan fingerprint density at radius 3 is 2.74 bits per heavy atom. The van der Waals surface area contributed by atoms with Crippen molar-refractivity contribution in [3.05, 3.63) is 78.0 Å². The molecular weight excluding hydrogens is 340 g/mol. The number of hydrogen-bond donors (Lipinski definition) is 1. The molecule has 0 bridgehead atoms. The summed E-state index contributed by atoms with van der Waals surface area (Å²) in [6.07, 6.45) is 1.93. The summed E-state index contributed by atoms with van der Waals surface area (Å²) in [5.74, 6) is 0.410. The van der Waals surface area contributed by atoms with Crippen molar-refractivity contribution in [1.82, 2.24) is 4.40 Å². The maximum Gasteiger partial charge on any atom is 0.340 e. The summed E-state index contributed by atoms with van der Waals surface area (Å²) in [6.45, 7) is 2.57. The molecule has 5 nitrogen and oxygen atoms in total.